The van der Waals surface area contributed by atoms with Crippen LogP contribution in [-0.4, -0.2) is 41.2 Å². The molecular formula is C18H14F3N7O2. The van der Waals surface area contributed by atoms with Crippen LogP contribution in [0.15, 0.2) is 30.5 Å². The molecule has 0 saturated carbocycles. The second-order valence-electron chi connectivity index (χ2n) is 5.85. The van der Waals surface area contributed by atoms with Crippen LogP contribution in [0.4, 0.5) is 30.4 Å². The SMILES string of the molecule is COCCNc1cc(Nc2ccc(OC(F)(F)F)c(C#N)c2)nn2c(C#N)cnc12. The molecule has 3 rings (SSSR count). The zero-order valence-corrected chi connectivity index (χ0v) is 15.5. The Morgan fingerprint density at radius 1 is 1.20 bits per heavy atom. The standard InChI is InChI=1S/C18H14F3N7O2/c1-29-5-4-24-14-7-16(27-28-13(9-23)10-25-17(14)28)26-12-2-3-15(11(6-12)8-22)30-18(19,20)21/h2-3,6-7,10,24H,4-5H2,1H3,(H,26,27). The highest BCUT2D eigenvalue weighted by Crippen LogP contribution is 2.30. The molecule has 0 unspecified atom stereocenters. The van der Waals surface area contributed by atoms with Crippen LogP contribution in [0.1, 0.15) is 11.3 Å². The van der Waals surface area contributed by atoms with Crippen molar-refractivity contribution >= 4 is 22.8 Å². The van der Waals surface area contributed by atoms with Gasteiger partial charge in [0.15, 0.2) is 17.2 Å². The molecular weight excluding hydrogens is 403 g/mol. The molecule has 0 atom stereocenters. The molecule has 0 aliphatic heterocycles. The summed E-state index contributed by atoms with van der Waals surface area (Å²) in [5.41, 5.74) is 1.16. The Hall–Kier alpha value is -4.03. The molecule has 2 N–H and O–H groups in total. The van der Waals surface area contributed by atoms with Gasteiger partial charge in [-0.25, -0.2) is 4.98 Å². The first-order valence-corrected chi connectivity index (χ1v) is 8.43. The normalized spacial score (nSPS) is 11.0. The quantitative estimate of drug-likeness (QED) is 0.563. The van der Waals surface area contributed by atoms with Crippen molar-refractivity contribution in [1.29, 1.82) is 10.5 Å². The van der Waals surface area contributed by atoms with Gasteiger partial charge >= 0.3 is 6.36 Å². The third-order valence-electron chi connectivity index (χ3n) is 3.80. The van der Waals surface area contributed by atoms with E-state index in [2.05, 4.69) is 25.5 Å². The van der Waals surface area contributed by atoms with E-state index < -0.39 is 12.1 Å². The number of anilines is 3. The number of fused-ring (bicyclic) bond motifs is 1. The highest BCUT2D eigenvalue weighted by molar-refractivity contribution is 5.73. The van der Waals surface area contributed by atoms with Crippen LogP contribution >= 0.6 is 0 Å². The number of halogens is 3. The molecule has 2 heterocycles. The summed E-state index contributed by atoms with van der Waals surface area (Å²) >= 11 is 0. The highest BCUT2D eigenvalue weighted by atomic mass is 19.4. The molecule has 12 heteroatoms. The minimum absolute atomic E-state index is 0.190. The maximum atomic E-state index is 12.5. The maximum absolute atomic E-state index is 12.5. The Bertz CT molecular complexity index is 1150. The van der Waals surface area contributed by atoms with E-state index in [4.69, 9.17) is 10.00 Å². The van der Waals surface area contributed by atoms with Crippen LogP contribution in [0, 0.1) is 22.7 Å². The molecule has 0 amide bonds. The van der Waals surface area contributed by atoms with E-state index in [-0.39, 0.29) is 17.1 Å². The number of ether oxygens (including phenoxy) is 2. The van der Waals surface area contributed by atoms with E-state index in [1.165, 1.54) is 22.8 Å². The number of methoxy groups -OCH3 is 1. The van der Waals surface area contributed by atoms with Gasteiger partial charge in [-0.1, -0.05) is 0 Å². The number of nitriles is 2. The number of hydrogen-bond donors (Lipinski definition) is 2. The zero-order valence-electron chi connectivity index (χ0n) is 15.5. The first kappa shape index (κ1) is 20.7. The monoisotopic (exact) mass is 417 g/mol. The van der Waals surface area contributed by atoms with E-state index in [1.54, 1.807) is 19.2 Å². The van der Waals surface area contributed by atoms with Crippen molar-refractivity contribution in [3.05, 3.63) is 41.7 Å². The van der Waals surface area contributed by atoms with Crippen molar-refractivity contribution in [2.45, 2.75) is 6.36 Å². The van der Waals surface area contributed by atoms with Crippen LogP contribution in [0.25, 0.3) is 5.65 Å². The maximum Gasteiger partial charge on any atom is 0.573 e. The van der Waals surface area contributed by atoms with Crippen LogP contribution < -0.4 is 15.4 Å². The predicted molar refractivity (Wildman–Crippen MR) is 99.2 cm³/mol. The van der Waals surface area contributed by atoms with Gasteiger partial charge < -0.3 is 20.1 Å². The van der Waals surface area contributed by atoms with Crippen molar-refractivity contribution in [2.24, 2.45) is 0 Å². The second-order valence-corrected chi connectivity index (χ2v) is 5.85. The summed E-state index contributed by atoms with van der Waals surface area (Å²) < 4.78 is 47.5. The lowest BCUT2D eigenvalue weighted by atomic mass is 10.2. The molecule has 0 spiro atoms. The molecule has 0 bridgehead atoms. The molecule has 0 aliphatic carbocycles. The smallest absolute Gasteiger partial charge is 0.404 e. The van der Waals surface area contributed by atoms with Gasteiger partial charge in [0.1, 0.15) is 17.9 Å². The van der Waals surface area contributed by atoms with E-state index >= 15 is 0 Å². The Labute approximate surface area is 168 Å². The minimum atomic E-state index is -4.91. The molecule has 9 nitrogen and oxygen atoms in total. The van der Waals surface area contributed by atoms with Gasteiger partial charge in [-0.2, -0.15) is 15.0 Å². The summed E-state index contributed by atoms with van der Waals surface area (Å²) in [4.78, 5) is 4.17. The van der Waals surface area contributed by atoms with Crippen molar-refractivity contribution in [3.63, 3.8) is 0 Å². The number of imidazole rings is 1. The summed E-state index contributed by atoms with van der Waals surface area (Å²) in [5, 5.41) is 28.7. The molecule has 1 aromatic carbocycles. The molecule has 0 fully saturated rings. The van der Waals surface area contributed by atoms with E-state index in [1.807, 2.05) is 6.07 Å². The molecule has 0 aliphatic rings. The number of alkyl halides is 3. The molecule has 30 heavy (non-hydrogen) atoms. The van der Waals surface area contributed by atoms with Crippen LogP contribution in [-0.2, 0) is 4.74 Å². The third-order valence-corrected chi connectivity index (χ3v) is 3.80. The van der Waals surface area contributed by atoms with E-state index in [0.29, 0.717) is 30.2 Å². The average molecular weight is 417 g/mol. The molecule has 3 aromatic rings. The summed E-state index contributed by atoms with van der Waals surface area (Å²) in [7, 11) is 1.55. The van der Waals surface area contributed by atoms with Gasteiger partial charge in [0.05, 0.1) is 24.1 Å². The van der Waals surface area contributed by atoms with Crippen molar-refractivity contribution in [2.75, 3.05) is 30.9 Å². The van der Waals surface area contributed by atoms with Crippen molar-refractivity contribution in [3.8, 4) is 17.9 Å². The summed E-state index contributed by atoms with van der Waals surface area (Å²) in [5.74, 6) is -0.340. The van der Waals surface area contributed by atoms with Crippen LogP contribution in [0.3, 0.4) is 0 Å². The lowest BCUT2D eigenvalue weighted by Crippen LogP contribution is -2.17. The summed E-state index contributed by atoms with van der Waals surface area (Å²) in [6.07, 6.45) is -3.55. The molecule has 154 valence electrons. The predicted octanol–water partition coefficient (Wildman–Crippen LogP) is 3.17. The number of aromatic nitrogens is 3. The fourth-order valence-electron chi connectivity index (χ4n) is 2.58. The summed E-state index contributed by atoms with van der Waals surface area (Å²) in [6, 6.07) is 8.79. The minimum Gasteiger partial charge on any atom is -0.404 e. The van der Waals surface area contributed by atoms with Gasteiger partial charge in [0.25, 0.3) is 0 Å². The van der Waals surface area contributed by atoms with Gasteiger partial charge in [-0.15, -0.1) is 18.3 Å². The Balaban J connectivity index is 1.95. The number of rotatable bonds is 7. The molecule has 2 aromatic heterocycles. The molecule has 0 radical (unpaired) electrons. The number of hydrogen-bond acceptors (Lipinski definition) is 8. The van der Waals surface area contributed by atoms with Gasteiger partial charge in [0, 0.05) is 25.4 Å². The summed E-state index contributed by atoms with van der Waals surface area (Å²) in [6.45, 7) is 0.891. The largest absolute Gasteiger partial charge is 0.573 e. The number of benzene rings is 1. The lowest BCUT2D eigenvalue weighted by molar-refractivity contribution is -0.274. The van der Waals surface area contributed by atoms with Crippen LogP contribution in [0.5, 0.6) is 5.75 Å². The first-order chi connectivity index (χ1) is 14.3. The average Bonchev–Trinajstić information content (AvgIpc) is 3.11. The fraction of sp³-hybridized carbons (Fsp3) is 0.222. The Morgan fingerprint density at radius 3 is 2.67 bits per heavy atom. The molecule has 0 saturated heterocycles. The first-order valence-electron chi connectivity index (χ1n) is 8.43. The van der Waals surface area contributed by atoms with E-state index in [9.17, 15) is 18.4 Å². The zero-order chi connectivity index (χ0) is 21.7. The van der Waals surface area contributed by atoms with Gasteiger partial charge in [-0.05, 0) is 18.2 Å². The Kier molecular flexibility index (Phi) is 5.90. The highest BCUT2D eigenvalue weighted by Gasteiger charge is 2.32. The second kappa shape index (κ2) is 8.55. The lowest BCUT2D eigenvalue weighted by Gasteiger charge is -2.13. The van der Waals surface area contributed by atoms with Gasteiger partial charge in [-0.3, -0.25) is 0 Å². The number of nitrogens with one attached hydrogen (secondary N) is 2. The van der Waals surface area contributed by atoms with Crippen molar-refractivity contribution < 1.29 is 22.6 Å². The topological polar surface area (TPSA) is 120 Å². The fourth-order valence-corrected chi connectivity index (χ4v) is 2.58. The van der Waals surface area contributed by atoms with Crippen molar-refractivity contribution in [1.82, 2.24) is 14.6 Å². The third kappa shape index (κ3) is 4.68. The van der Waals surface area contributed by atoms with Crippen LogP contribution in [0.2, 0.25) is 0 Å². The number of nitrogens with zero attached hydrogens (tertiary/aromatic N) is 5. The van der Waals surface area contributed by atoms with Gasteiger partial charge in [0.2, 0.25) is 0 Å². The Morgan fingerprint density at radius 2 is 2.00 bits per heavy atom. The van der Waals surface area contributed by atoms with E-state index in [0.717, 1.165) is 6.07 Å².